The first-order valence-corrected chi connectivity index (χ1v) is 9.37. The van der Waals surface area contributed by atoms with Crippen LogP contribution in [-0.2, 0) is 14.8 Å². The predicted octanol–water partition coefficient (Wildman–Crippen LogP) is 2.53. The Bertz CT molecular complexity index is 816. The lowest BCUT2D eigenvalue weighted by molar-refractivity contribution is 0.0450. The number of nitrogens with one attached hydrogen (secondary N) is 1. The maximum atomic E-state index is 12.0. The lowest BCUT2D eigenvalue weighted by Crippen LogP contribution is -2.23. The molecule has 2 aromatic carbocycles. The molecule has 0 heterocycles. The van der Waals surface area contributed by atoms with E-state index in [4.69, 9.17) is 9.47 Å². The van der Waals surface area contributed by atoms with Gasteiger partial charge in [-0.1, -0.05) is 25.1 Å². The second-order valence-electron chi connectivity index (χ2n) is 5.28. The number of para-hydroxylation sites is 1. The van der Waals surface area contributed by atoms with E-state index in [9.17, 15) is 13.2 Å². The highest BCUT2D eigenvalue weighted by molar-refractivity contribution is 7.89. The van der Waals surface area contributed by atoms with E-state index >= 15 is 0 Å². The molecule has 0 amide bonds. The Morgan fingerprint density at radius 1 is 1.04 bits per heavy atom. The van der Waals surface area contributed by atoms with Crippen LogP contribution < -0.4 is 9.46 Å². The molecule has 0 fully saturated rings. The van der Waals surface area contributed by atoms with Gasteiger partial charge in [-0.05, 0) is 42.8 Å². The number of aryl methyl sites for hydroxylation is 1. The Morgan fingerprint density at radius 3 is 2.36 bits per heavy atom. The van der Waals surface area contributed by atoms with Gasteiger partial charge in [0.2, 0.25) is 10.0 Å². The van der Waals surface area contributed by atoms with E-state index in [-0.39, 0.29) is 23.7 Å². The Labute approximate surface area is 147 Å². The van der Waals surface area contributed by atoms with E-state index in [1.807, 2.05) is 31.2 Å². The minimum absolute atomic E-state index is 0.102. The summed E-state index contributed by atoms with van der Waals surface area (Å²) in [4.78, 5) is 12.1. The van der Waals surface area contributed by atoms with Crippen molar-refractivity contribution in [3.8, 4) is 5.75 Å². The Balaban J connectivity index is 1.86. The van der Waals surface area contributed by atoms with Gasteiger partial charge in [-0.2, -0.15) is 0 Å². The fraction of sp³-hybridized carbons (Fsp3) is 0.278. The molecule has 0 aliphatic carbocycles. The molecule has 2 aromatic rings. The number of carbonyl (C=O) groups is 1. The summed E-state index contributed by atoms with van der Waals surface area (Å²) in [7, 11) is -3.53. The molecule has 0 aliphatic rings. The van der Waals surface area contributed by atoms with Crippen LogP contribution in [0, 0.1) is 6.92 Å². The normalized spacial score (nSPS) is 11.1. The maximum absolute atomic E-state index is 12.0. The zero-order valence-corrected chi connectivity index (χ0v) is 15.0. The molecule has 0 saturated carbocycles. The van der Waals surface area contributed by atoms with Gasteiger partial charge in [0.15, 0.2) is 0 Å². The molecule has 25 heavy (non-hydrogen) atoms. The highest BCUT2D eigenvalue weighted by Gasteiger charge is 2.14. The standard InChI is InChI=1S/C18H21NO5S/c1-3-19-25(21,22)16-10-8-15(9-11-16)18(20)24-13-12-23-17-7-5-4-6-14(17)2/h4-11,19H,3,12-13H2,1-2H3. The van der Waals surface area contributed by atoms with Crippen LogP contribution in [0.5, 0.6) is 5.75 Å². The van der Waals surface area contributed by atoms with E-state index in [1.165, 1.54) is 24.3 Å². The van der Waals surface area contributed by atoms with Gasteiger partial charge < -0.3 is 9.47 Å². The summed E-state index contributed by atoms with van der Waals surface area (Å²) in [6.45, 7) is 4.27. The molecule has 0 spiro atoms. The lowest BCUT2D eigenvalue weighted by Gasteiger charge is -2.09. The first-order valence-electron chi connectivity index (χ1n) is 7.89. The topological polar surface area (TPSA) is 81.7 Å². The van der Waals surface area contributed by atoms with Crippen molar-refractivity contribution >= 4 is 16.0 Å². The van der Waals surface area contributed by atoms with Crippen molar-refractivity contribution in [2.45, 2.75) is 18.7 Å². The molecular weight excluding hydrogens is 342 g/mol. The number of carbonyl (C=O) groups excluding carboxylic acids is 1. The van der Waals surface area contributed by atoms with Gasteiger partial charge in [-0.3, -0.25) is 0 Å². The highest BCUT2D eigenvalue weighted by atomic mass is 32.2. The quantitative estimate of drug-likeness (QED) is 0.576. The van der Waals surface area contributed by atoms with Crippen LogP contribution in [0.3, 0.4) is 0 Å². The van der Waals surface area contributed by atoms with Crippen LogP contribution >= 0.6 is 0 Å². The summed E-state index contributed by atoms with van der Waals surface area (Å²) in [5, 5.41) is 0. The minimum Gasteiger partial charge on any atom is -0.490 e. The third-order valence-corrected chi connectivity index (χ3v) is 4.96. The predicted molar refractivity (Wildman–Crippen MR) is 94.3 cm³/mol. The third kappa shape index (κ3) is 5.30. The van der Waals surface area contributed by atoms with Gasteiger partial charge >= 0.3 is 5.97 Å². The van der Waals surface area contributed by atoms with E-state index in [0.717, 1.165) is 11.3 Å². The molecule has 2 rings (SSSR count). The van der Waals surface area contributed by atoms with Gasteiger partial charge in [-0.15, -0.1) is 0 Å². The highest BCUT2D eigenvalue weighted by Crippen LogP contribution is 2.16. The summed E-state index contributed by atoms with van der Waals surface area (Å²) >= 11 is 0. The van der Waals surface area contributed by atoms with Crippen LogP contribution in [0.2, 0.25) is 0 Å². The second-order valence-corrected chi connectivity index (χ2v) is 7.04. The fourth-order valence-corrected chi connectivity index (χ4v) is 3.17. The van der Waals surface area contributed by atoms with Crippen molar-refractivity contribution in [3.05, 3.63) is 59.7 Å². The van der Waals surface area contributed by atoms with E-state index in [0.29, 0.717) is 6.54 Å². The van der Waals surface area contributed by atoms with Crippen molar-refractivity contribution in [2.75, 3.05) is 19.8 Å². The summed E-state index contributed by atoms with van der Waals surface area (Å²) in [5.41, 5.74) is 1.29. The number of hydrogen-bond donors (Lipinski definition) is 1. The number of esters is 1. The lowest BCUT2D eigenvalue weighted by atomic mass is 10.2. The number of hydrogen-bond acceptors (Lipinski definition) is 5. The molecule has 0 unspecified atom stereocenters. The van der Waals surface area contributed by atoms with Crippen molar-refractivity contribution in [2.24, 2.45) is 0 Å². The monoisotopic (exact) mass is 363 g/mol. The van der Waals surface area contributed by atoms with E-state index in [2.05, 4.69) is 4.72 Å². The van der Waals surface area contributed by atoms with E-state index in [1.54, 1.807) is 6.92 Å². The minimum atomic E-state index is -3.53. The number of benzene rings is 2. The van der Waals surface area contributed by atoms with Crippen LogP contribution in [0.25, 0.3) is 0 Å². The van der Waals surface area contributed by atoms with E-state index < -0.39 is 16.0 Å². The zero-order valence-electron chi connectivity index (χ0n) is 14.2. The number of rotatable bonds is 8. The molecule has 0 radical (unpaired) electrons. The molecule has 0 aromatic heterocycles. The fourth-order valence-electron chi connectivity index (χ4n) is 2.13. The molecule has 134 valence electrons. The molecular formula is C18H21NO5S. The molecule has 0 atom stereocenters. The summed E-state index contributed by atoms with van der Waals surface area (Å²) in [5.74, 6) is 0.220. The Kier molecular flexibility index (Phi) is 6.55. The summed E-state index contributed by atoms with van der Waals surface area (Å²) < 4.78 is 36.8. The molecule has 7 heteroatoms. The van der Waals surface area contributed by atoms with Crippen molar-refractivity contribution in [1.82, 2.24) is 4.72 Å². The zero-order chi connectivity index (χ0) is 18.3. The Hall–Kier alpha value is -2.38. The van der Waals surface area contributed by atoms with Crippen molar-refractivity contribution < 1.29 is 22.7 Å². The largest absolute Gasteiger partial charge is 0.490 e. The van der Waals surface area contributed by atoms with Crippen LogP contribution in [0.15, 0.2) is 53.4 Å². The molecule has 0 bridgehead atoms. The van der Waals surface area contributed by atoms with Gasteiger partial charge in [0.25, 0.3) is 0 Å². The van der Waals surface area contributed by atoms with Gasteiger partial charge in [0, 0.05) is 6.54 Å². The average molecular weight is 363 g/mol. The molecule has 1 N–H and O–H groups in total. The first kappa shape index (κ1) is 19.0. The van der Waals surface area contributed by atoms with Crippen LogP contribution in [-0.4, -0.2) is 34.1 Å². The first-order chi connectivity index (χ1) is 11.9. The van der Waals surface area contributed by atoms with Crippen LogP contribution in [0.4, 0.5) is 0 Å². The third-order valence-electron chi connectivity index (χ3n) is 3.40. The van der Waals surface area contributed by atoms with Crippen LogP contribution in [0.1, 0.15) is 22.8 Å². The number of sulfonamides is 1. The molecule has 0 aliphatic heterocycles. The Morgan fingerprint density at radius 2 is 1.72 bits per heavy atom. The van der Waals surface area contributed by atoms with Crippen molar-refractivity contribution in [1.29, 1.82) is 0 Å². The van der Waals surface area contributed by atoms with Gasteiger partial charge in [-0.25, -0.2) is 17.9 Å². The maximum Gasteiger partial charge on any atom is 0.338 e. The van der Waals surface area contributed by atoms with Gasteiger partial charge in [0.05, 0.1) is 10.5 Å². The summed E-state index contributed by atoms with van der Waals surface area (Å²) in [6, 6.07) is 13.2. The summed E-state index contributed by atoms with van der Waals surface area (Å²) in [6.07, 6.45) is 0. The van der Waals surface area contributed by atoms with Gasteiger partial charge in [0.1, 0.15) is 19.0 Å². The number of ether oxygens (including phenoxy) is 2. The molecule has 0 saturated heterocycles. The second kappa shape index (κ2) is 8.64. The SMILES string of the molecule is CCNS(=O)(=O)c1ccc(C(=O)OCCOc2ccccc2C)cc1. The van der Waals surface area contributed by atoms with Crippen molar-refractivity contribution in [3.63, 3.8) is 0 Å². The average Bonchev–Trinajstić information content (AvgIpc) is 2.60. The smallest absolute Gasteiger partial charge is 0.338 e. The molecule has 6 nitrogen and oxygen atoms in total.